The van der Waals surface area contributed by atoms with Gasteiger partial charge in [0, 0.05) is 24.7 Å². The third-order valence-corrected chi connectivity index (χ3v) is 3.19. The summed E-state index contributed by atoms with van der Waals surface area (Å²) in [5.41, 5.74) is 0.878. The van der Waals surface area contributed by atoms with E-state index in [4.69, 9.17) is 16.9 Å². The molecule has 1 aliphatic rings. The van der Waals surface area contributed by atoms with Crippen molar-refractivity contribution >= 4 is 17.5 Å². The largest absolute Gasteiger partial charge is 0.324 e. The minimum Gasteiger partial charge on any atom is -0.324 e. The summed E-state index contributed by atoms with van der Waals surface area (Å²) in [7, 11) is 0. The molecule has 1 aromatic rings. The van der Waals surface area contributed by atoms with Gasteiger partial charge in [-0.05, 0) is 17.7 Å². The maximum Gasteiger partial charge on any atom is 0.228 e. The van der Waals surface area contributed by atoms with Crippen LogP contribution in [0.3, 0.4) is 0 Å². The van der Waals surface area contributed by atoms with Crippen molar-refractivity contribution in [1.82, 2.24) is 10.2 Å². The van der Waals surface area contributed by atoms with Crippen LogP contribution in [0.2, 0.25) is 5.02 Å². The molecule has 1 N–H and O–H groups in total. The van der Waals surface area contributed by atoms with Crippen molar-refractivity contribution in [2.75, 3.05) is 19.6 Å². The summed E-state index contributed by atoms with van der Waals surface area (Å²) in [6.45, 7) is 1.86. The number of amides is 1. The van der Waals surface area contributed by atoms with Crippen molar-refractivity contribution in [3.8, 4) is 6.07 Å². The zero-order valence-electron chi connectivity index (χ0n) is 9.90. The Morgan fingerprint density at radius 1 is 1.61 bits per heavy atom. The van der Waals surface area contributed by atoms with Gasteiger partial charge in [0.1, 0.15) is 6.04 Å². The van der Waals surface area contributed by atoms with Crippen LogP contribution in [-0.4, -0.2) is 36.5 Å². The molecule has 1 aliphatic heterocycles. The number of carbonyl (C=O) groups is 1. The van der Waals surface area contributed by atoms with Crippen LogP contribution in [0.15, 0.2) is 24.3 Å². The molecule has 0 saturated carbocycles. The number of carbonyl (C=O) groups excluding carboxylic acids is 1. The SMILES string of the molecule is N#CC1CNCCN1C(=O)Cc1cccc(Cl)c1. The molecule has 1 heterocycles. The van der Waals surface area contributed by atoms with Crippen molar-refractivity contribution in [1.29, 1.82) is 5.26 Å². The van der Waals surface area contributed by atoms with Gasteiger partial charge in [0.2, 0.25) is 5.91 Å². The van der Waals surface area contributed by atoms with E-state index in [2.05, 4.69) is 11.4 Å². The lowest BCUT2D eigenvalue weighted by Gasteiger charge is -2.32. The fourth-order valence-electron chi connectivity index (χ4n) is 2.04. The van der Waals surface area contributed by atoms with E-state index in [-0.39, 0.29) is 11.9 Å². The van der Waals surface area contributed by atoms with Crippen LogP contribution in [0.1, 0.15) is 5.56 Å². The van der Waals surface area contributed by atoms with Gasteiger partial charge >= 0.3 is 0 Å². The molecule has 0 aromatic heterocycles. The van der Waals surface area contributed by atoms with Gasteiger partial charge in [-0.25, -0.2) is 0 Å². The van der Waals surface area contributed by atoms with Crippen LogP contribution >= 0.6 is 11.6 Å². The van der Waals surface area contributed by atoms with Gasteiger partial charge < -0.3 is 10.2 Å². The van der Waals surface area contributed by atoms with Crippen molar-refractivity contribution in [3.63, 3.8) is 0 Å². The van der Waals surface area contributed by atoms with E-state index in [0.29, 0.717) is 24.5 Å². The van der Waals surface area contributed by atoms with Crippen molar-refractivity contribution in [2.24, 2.45) is 0 Å². The van der Waals surface area contributed by atoms with Gasteiger partial charge in [0.05, 0.1) is 12.5 Å². The number of nitriles is 1. The molecule has 1 unspecified atom stereocenters. The summed E-state index contributed by atoms with van der Waals surface area (Å²) in [5, 5.41) is 12.7. The quantitative estimate of drug-likeness (QED) is 0.873. The second-order valence-corrected chi connectivity index (χ2v) is 4.68. The van der Waals surface area contributed by atoms with Gasteiger partial charge in [-0.15, -0.1) is 0 Å². The standard InChI is InChI=1S/C13H14ClN3O/c14-11-3-1-2-10(6-11)7-13(18)17-5-4-16-9-12(17)8-15/h1-3,6,12,16H,4-5,7,9H2. The topological polar surface area (TPSA) is 56.1 Å². The molecular formula is C13H14ClN3O. The van der Waals surface area contributed by atoms with Crippen LogP contribution in [0, 0.1) is 11.3 Å². The molecule has 1 saturated heterocycles. The maximum absolute atomic E-state index is 12.2. The highest BCUT2D eigenvalue weighted by molar-refractivity contribution is 6.30. The third-order valence-electron chi connectivity index (χ3n) is 2.96. The Labute approximate surface area is 111 Å². The predicted octanol–water partition coefficient (Wildman–Crippen LogP) is 1.21. The fraction of sp³-hybridized carbons (Fsp3) is 0.385. The first-order valence-electron chi connectivity index (χ1n) is 5.85. The molecule has 0 bridgehead atoms. The predicted molar refractivity (Wildman–Crippen MR) is 69.1 cm³/mol. The highest BCUT2D eigenvalue weighted by Gasteiger charge is 2.25. The van der Waals surface area contributed by atoms with Gasteiger partial charge in [-0.3, -0.25) is 4.79 Å². The number of benzene rings is 1. The third kappa shape index (κ3) is 3.00. The molecule has 1 atom stereocenters. The van der Waals surface area contributed by atoms with E-state index >= 15 is 0 Å². The monoisotopic (exact) mass is 263 g/mol. The highest BCUT2D eigenvalue weighted by atomic mass is 35.5. The Morgan fingerprint density at radius 2 is 2.44 bits per heavy atom. The minimum absolute atomic E-state index is 0.0229. The normalized spacial score (nSPS) is 19.3. The van der Waals surface area contributed by atoms with Crippen LogP contribution in [0.4, 0.5) is 0 Å². The summed E-state index contributed by atoms with van der Waals surface area (Å²) < 4.78 is 0. The maximum atomic E-state index is 12.2. The van der Waals surface area contributed by atoms with Gasteiger partial charge in [-0.1, -0.05) is 23.7 Å². The molecule has 2 rings (SSSR count). The number of nitrogens with one attached hydrogen (secondary N) is 1. The zero-order chi connectivity index (χ0) is 13.0. The van der Waals surface area contributed by atoms with Crippen molar-refractivity contribution < 1.29 is 4.79 Å². The first kappa shape index (κ1) is 12.9. The van der Waals surface area contributed by atoms with Crippen molar-refractivity contribution in [2.45, 2.75) is 12.5 Å². The number of halogens is 1. The molecule has 1 amide bonds. The number of hydrogen-bond donors (Lipinski definition) is 1. The highest BCUT2D eigenvalue weighted by Crippen LogP contribution is 2.13. The van der Waals surface area contributed by atoms with E-state index in [1.807, 2.05) is 12.1 Å². The number of hydrogen-bond acceptors (Lipinski definition) is 3. The lowest BCUT2D eigenvalue weighted by atomic mass is 10.1. The van der Waals surface area contributed by atoms with E-state index in [1.165, 1.54) is 0 Å². The second-order valence-electron chi connectivity index (χ2n) is 4.24. The Balaban J connectivity index is 2.05. The van der Waals surface area contributed by atoms with E-state index in [1.54, 1.807) is 17.0 Å². The van der Waals surface area contributed by atoms with Crippen LogP contribution in [0.5, 0.6) is 0 Å². The first-order valence-corrected chi connectivity index (χ1v) is 6.23. The van der Waals surface area contributed by atoms with Crippen LogP contribution in [0.25, 0.3) is 0 Å². The van der Waals surface area contributed by atoms with E-state index in [9.17, 15) is 4.79 Å². The number of piperazine rings is 1. The van der Waals surface area contributed by atoms with Gasteiger partial charge in [0.25, 0.3) is 0 Å². The lowest BCUT2D eigenvalue weighted by Crippen LogP contribution is -2.53. The molecule has 94 valence electrons. The van der Waals surface area contributed by atoms with E-state index in [0.717, 1.165) is 12.1 Å². The van der Waals surface area contributed by atoms with Gasteiger partial charge in [0.15, 0.2) is 0 Å². The van der Waals surface area contributed by atoms with Crippen LogP contribution < -0.4 is 5.32 Å². The average Bonchev–Trinajstić information content (AvgIpc) is 2.38. The van der Waals surface area contributed by atoms with E-state index < -0.39 is 0 Å². The summed E-state index contributed by atoms with van der Waals surface area (Å²) in [6.07, 6.45) is 0.290. The summed E-state index contributed by atoms with van der Waals surface area (Å²) in [5.74, 6) is -0.0229. The minimum atomic E-state index is -0.370. The molecule has 5 heteroatoms. The summed E-state index contributed by atoms with van der Waals surface area (Å²) in [6, 6.07) is 9.03. The first-order chi connectivity index (χ1) is 8.70. The smallest absolute Gasteiger partial charge is 0.228 e. The summed E-state index contributed by atoms with van der Waals surface area (Å²) in [4.78, 5) is 13.8. The molecule has 4 nitrogen and oxygen atoms in total. The Hall–Kier alpha value is -1.57. The lowest BCUT2D eigenvalue weighted by molar-refractivity contribution is -0.132. The van der Waals surface area contributed by atoms with Crippen LogP contribution in [-0.2, 0) is 11.2 Å². The molecular weight excluding hydrogens is 250 g/mol. The zero-order valence-corrected chi connectivity index (χ0v) is 10.7. The average molecular weight is 264 g/mol. The molecule has 0 radical (unpaired) electrons. The molecule has 1 fully saturated rings. The Bertz CT molecular complexity index is 483. The molecule has 0 aliphatic carbocycles. The number of rotatable bonds is 2. The van der Waals surface area contributed by atoms with Gasteiger partial charge in [-0.2, -0.15) is 5.26 Å². The second kappa shape index (κ2) is 5.85. The Kier molecular flexibility index (Phi) is 4.19. The molecule has 1 aromatic carbocycles. The molecule has 18 heavy (non-hydrogen) atoms. The summed E-state index contributed by atoms with van der Waals surface area (Å²) >= 11 is 5.88. The van der Waals surface area contributed by atoms with Crippen molar-refractivity contribution in [3.05, 3.63) is 34.9 Å². The fourth-order valence-corrected chi connectivity index (χ4v) is 2.25. The Morgan fingerprint density at radius 3 is 3.17 bits per heavy atom. The number of nitrogens with zero attached hydrogens (tertiary/aromatic N) is 2. The molecule has 0 spiro atoms.